The first-order valence-corrected chi connectivity index (χ1v) is 7.50. The van der Waals surface area contributed by atoms with Crippen LogP contribution in [-0.4, -0.2) is 32.1 Å². The predicted molar refractivity (Wildman–Crippen MR) is 83.4 cm³/mol. The minimum Gasteiger partial charge on any atom is -0.338 e. The molecule has 1 aromatic carbocycles. The zero-order valence-electron chi connectivity index (χ0n) is 12.2. The summed E-state index contributed by atoms with van der Waals surface area (Å²) >= 11 is 0. The molecule has 3 aromatic rings. The van der Waals surface area contributed by atoms with E-state index >= 15 is 0 Å². The van der Waals surface area contributed by atoms with Crippen LogP contribution in [0.2, 0.25) is 0 Å². The van der Waals surface area contributed by atoms with E-state index in [1.807, 2.05) is 18.3 Å². The Bertz CT molecular complexity index is 724. The summed E-state index contributed by atoms with van der Waals surface area (Å²) in [6.45, 7) is 4.10. The summed E-state index contributed by atoms with van der Waals surface area (Å²) in [6, 6.07) is 8.69. The molecule has 0 radical (unpaired) electrons. The molecule has 3 heterocycles. The van der Waals surface area contributed by atoms with Crippen LogP contribution in [0, 0.1) is 6.92 Å². The number of fused-ring (bicyclic) bond motifs is 1. The summed E-state index contributed by atoms with van der Waals surface area (Å²) < 4.78 is 2.23. The summed E-state index contributed by atoms with van der Waals surface area (Å²) in [5.74, 6) is 2.07. The van der Waals surface area contributed by atoms with Gasteiger partial charge in [-0.05, 0) is 31.9 Å². The second kappa shape index (κ2) is 4.91. The van der Waals surface area contributed by atoms with Crippen LogP contribution in [0.5, 0.6) is 0 Å². The quantitative estimate of drug-likeness (QED) is 0.803. The van der Waals surface area contributed by atoms with Gasteiger partial charge < -0.3 is 14.5 Å². The van der Waals surface area contributed by atoms with Gasteiger partial charge in [-0.3, -0.25) is 0 Å². The van der Waals surface area contributed by atoms with E-state index < -0.39 is 0 Å². The topological polar surface area (TPSA) is 49.7 Å². The first-order valence-electron chi connectivity index (χ1n) is 7.50. The normalized spacial score (nSPS) is 18.7. The van der Waals surface area contributed by atoms with Crippen molar-refractivity contribution in [3.63, 3.8) is 0 Å². The van der Waals surface area contributed by atoms with E-state index in [9.17, 15) is 0 Å². The van der Waals surface area contributed by atoms with Crippen molar-refractivity contribution in [2.45, 2.75) is 32.4 Å². The molecule has 0 aliphatic carbocycles. The lowest BCUT2D eigenvalue weighted by Gasteiger charge is -2.24. The molecule has 108 valence electrons. The zero-order chi connectivity index (χ0) is 14.2. The maximum absolute atomic E-state index is 4.74. The highest BCUT2D eigenvalue weighted by atomic mass is 15.3. The number of para-hydroxylation sites is 2. The molecule has 5 nitrogen and oxygen atoms in total. The SMILES string of the molecule is Cc1nccn1CC1CCCN1c1nc2ccccc2[nH]1. The summed E-state index contributed by atoms with van der Waals surface area (Å²) in [6.07, 6.45) is 6.35. The number of hydrogen-bond acceptors (Lipinski definition) is 3. The first-order chi connectivity index (χ1) is 10.3. The molecule has 2 aromatic heterocycles. The van der Waals surface area contributed by atoms with Gasteiger partial charge in [-0.15, -0.1) is 0 Å². The fourth-order valence-electron chi connectivity index (χ4n) is 3.20. The number of aromatic amines is 1. The molecule has 21 heavy (non-hydrogen) atoms. The van der Waals surface area contributed by atoms with Crippen molar-refractivity contribution in [3.8, 4) is 0 Å². The number of imidazole rings is 2. The fraction of sp³-hybridized carbons (Fsp3) is 0.375. The molecule has 1 aliphatic rings. The Hall–Kier alpha value is -2.30. The van der Waals surface area contributed by atoms with Crippen LogP contribution in [0.3, 0.4) is 0 Å². The molecule has 0 spiro atoms. The van der Waals surface area contributed by atoms with E-state index in [1.165, 1.54) is 12.8 Å². The lowest BCUT2D eigenvalue weighted by atomic mass is 10.2. The maximum atomic E-state index is 4.74. The molecule has 4 rings (SSSR count). The van der Waals surface area contributed by atoms with Crippen LogP contribution in [-0.2, 0) is 6.54 Å². The smallest absolute Gasteiger partial charge is 0.204 e. The number of anilines is 1. The Labute approximate surface area is 123 Å². The maximum Gasteiger partial charge on any atom is 0.204 e. The van der Waals surface area contributed by atoms with Gasteiger partial charge >= 0.3 is 0 Å². The lowest BCUT2D eigenvalue weighted by Crippen LogP contribution is -2.33. The highest BCUT2D eigenvalue weighted by Crippen LogP contribution is 2.26. The van der Waals surface area contributed by atoms with Crippen molar-refractivity contribution in [1.29, 1.82) is 0 Å². The average Bonchev–Trinajstić information content (AvgIpc) is 3.19. The Morgan fingerprint density at radius 3 is 3.05 bits per heavy atom. The van der Waals surface area contributed by atoms with Crippen molar-refractivity contribution in [2.75, 3.05) is 11.4 Å². The van der Waals surface area contributed by atoms with Crippen molar-refractivity contribution in [3.05, 3.63) is 42.5 Å². The van der Waals surface area contributed by atoms with E-state index in [0.29, 0.717) is 6.04 Å². The van der Waals surface area contributed by atoms with Crippen molar-refractivity contribution >= 4 is 17.0 Å². The van der Waals surface area contributed by atoms with Crippen molar-refractivity contribution in [1.82, 2.24) is 19.5 Å². The van der Waals surface area contributed by atoms with Crippen LogP contribution in [0.15, 0.2) is 36.7 Å². The molecule has 1 saturated heterocycles. The number of H-pyrrole nitrogens is 1. The summed E-state index contributed by atoms with van der Waals surface area (Å²) in [4.78, 5) is 14.9. The second-order valence-electron chi connectivity index (χ2n) is 5.69. The third kappa shape index (κ3) is 2.18. The molecule has 0 bridgehead atoms. The van der Waals surface area contributed by atoms with Crippen LogP contribution in [0.1, 0.15) is 18.7 Å². The molecule has 1 aliphatic heterocycles. The van der Waals surface area contributed by atoms with E-state index in [1.54, 1.807) is 0 Å². The monoisotopic (exact) mass is 281 g/mol. The summed E-state index contributed by atoms with van der Waals surface area (Å²) in [5, 5.41) is 0. The van der Waals surface area contributed by atoms with Gasteiger partial charge in [0.05, 0.1) is 11.0 Å². The van der Waals surface area contributed by atoms with Gasteiger partial charge in [-0.1, -0.05) is 12.1 Å². The minimum absolute atomic E-state index is 0.485. The number of hydrogen-bond donors (Lipinski definition) is 1. The van der Waals surface area contributed by atoms with E-state index in [2.05, 4.69) is 44.7 Å². The van der Waals surface area contributed by atoms with E-state index in [4.69, 9.17) is 4.98 Å². The molecular formula is C16H19N5. The molecule has 1 unspecified atom stereocenters. The van der Waals surface area contributed by atoms with Gasteiger partial charge in [0, 0.05) is 31.5 Å². The van der Waals surface area contributed by atoms with E-state index in [-0.39, 0.29) is 0 Å². The second-order valence-corrected chi connectivity index (χ2v) is 5.69. The molecule has 0 saturated carbocycles. The number of aromatic nitrogens is 4. The zero-order valence-corrected chi connectivity index (χ0v) is 12.2. The van der Waals surface area contributed by atoms with Gasteiger partial charge in [0.15, 0.2) is 0 Å². The number of benzene rings is 1. The van der Waals surface area contributed by atoms with E-state index in [0.717, 1.165) is 35.9 Å². The summed E-state index contributed by atoms with van der Waals surface area (Å²) in [7, 11) is 0. The van der Waals surface area contributed by atoms with Crippen molar-refractivity contribution < 1.29 is 0 Å². The standard InChI is InChI=1S/C16H19N5/c1-12-17-8-10-20(12)11-13-5-4-9-21(13)16-18-14-6-2-3-7-15(14)19-16/h2-3,6-8,10,13H,4-5,9,11H2,1H3,(H,18,19). The van der Waals surface area contributed by atoms with Crippen LogP contribution >= 0.6 is 0 Å². The van der Waals surface area contributed by atoms with Gasteiger partial charge in [0.25, 0.3) is 0 Å². The molecular weight excluding hydrogens is 262 g/mol. The molecule has 5 heteroatoms. The van der Waals surface area contributed by atoms with Crippen LogP contribution in [0.25, 0.3) is 11.0 Å². The summed E-state index contributed by atoms with van der Waals surface area (Å²) in [5.41, 5.74) is 2.15. The first kappa shape index (κ1) is 12.4. The minimum atomic E-state index is 0.485. The third-order valence-corrected chi connectivity index (χ3v) is 4.36. The third-order valence-electron chi connectivity index (χ3n) is 4.36. The van der Waals surface area contributed by atoms with Crippen LogP contribution in [0.4, 0.5) is 5.95 Å². The number of aryl methyl sites for hydroxylation is 1. The average molecular weight is 281 g/mol. The molecule has 1 fully saturated rings. The Morgan fingerprint density at radius 2 is 2.24 bits per heavy atom. The van der Waals surface area contributed by atoms with Gasteiger partial charge in [0.2, 0.25) is 5.95 Å². The van der Waals surface area contributed by atoms with Crippen LogP contribution < -0.4 is 4.90 Å². The number of nitrogens with zero attached hydrogens (tertiary/aromatic N) is 4. The molecule has 1 N–H and O–H groups in total. The highest BCUT2D eigenvalue weighted by Gasteiger charge is 2.27. The lowest BCUT2D eigenvalue weighted by molar-refractivity contribution is 0.536. The molecule has 0 amide bonds. The Kier molecular flexibility index (Phi) is 2.91. The molecule has 1 atom stereocenters. The van der Waals surface area contributed by atoms with Gasteiger partial charge in [-0.2, -0.15) is 0 Å². The van der Waals surface area contributed by atoms with Crippen molar-refractivity contribution in [2.24, 2.45) is 0 Å². The fourth-order valence-corrected chi connectivity index (χ4v) is 3.20. The Balaban J connectivity index is 1.62. The number of rotatable bonds is 3. The largest absolute Gasteiger partial charge is 0.338 e. The highest BCUT2D eigenvalue weighted by molar-refractivity contribution is 5.77. The predicted octanol–water partition coefficient (Wildman–Crippen LogP) is 2.74. The number of nitrogens with one attached hydrogen (secondary N) is 1. The van der Waals surface area contributed by atoms with Gasteiger partial charge in [0.1, 0.15) is 5.82 Å². The van der Waals surface area contributed by atoms with Gasteiger partial charge in [-0.25, -0.2) is 9.97 Å². The Morgan fingerprint density at radius 1 is 1.33 bits per heavy atom.